The maximum atomic E-state index is 3.56. The van der Waals surface area contributed by atoms with Crippen molar-refractivity contribution in [1.29, 1.82) is 0 Å². The van der Waals surface area contributed by atoms with Crippen LogP contribution >= 0.6 is 0 Å². The standard InChI is InChI=1S/C9H10.C5H8.C4H8/c1-2-6-9-7-4-3-5-8-9;1-4-5(2)3;1-4(2)3/h2-8H,1H3;4H,1-2H2,3H3;1H2,2-3H3. The van der Waals surface area contributed by atoms with Gasteiger partial charge in [-0.15, -0.1) is 6.58 Å². The van der Waals surface area contributed by atoms with Gasteiger partial charge < -0.3 is 0 Å². The van der Waals surface area contributed by atoms with Crippen molar-refractivity contribution in [3.05, 3.63) is 78.9 Å². The lowest BCUT2D eigenvalue weighted by Gasteiger charge is -1.86. The third kappa shape index (κ3) is 19.7. The third-order valence-electron chi connectivity index (χ3n) is 1.51. The SMILES string of the molecule is C=C(C)C.C=CC(=C)C.CC=Cc1ccccc1. The fourth-order valence-electron chi connectivity index (χ4n) is 0.757. The van der Waals surface area contributed by atoms with Crippen molar-refractivity contribution in [1.82, 2.24) is 0 Å². The highest BCUT2D eigenvalue weighted by Crippen LogP contribution is 1.99. The van der Waals surface area contributed by atoms with E-state index in [0.29, 0.717) is 0 Å². The van der Waals surface area contributed by atoms with Crippen molar-refractivity contribution in [3.8, 4) is 0 Å². The molecule has 0 aromatic heterocycles. The van der Waals surface area contributed by atoms with E-state index >= 15 is 0 Å². The minimum absolute atomic E-state index is 1.02. The van der Waals surface area contributed by atoms with E-state index in [1.165, 1.54) is 11.1 Å². The molecular weight excluding hydrogens is 216 g/mol. The predicted octanol–water partition coefficient (Wildman–Crippen LogP) is 6.05. The number of allylic oxidation sites excluding steroid dienone is 4. The molecule has 1 rings (SSSR count). The summed E-state index contributed by atoms with van der Waals surface area (Å²) in [6.45, 7) is 18.4. The van der Waals surface area contributed by atoms with Crippen LogP contribution in [0.4, 0.5) is 0 Å². The molecule has 0 radical (unpaired) electrons. The highest BCUT2D eigenvalue weighted by atomic mass is 13.8. The fourth-order valence-corrected chi connectivity index (χ4v) is 0.757. The van der Waals surface area contributed by atoms with Gasteiger partial charge in [0.05, 0.1) is 0 Å². The molecule has 0 bridgehead atoms. The van der Waals surface area contributed by atoms with Crippen LogP contribution in [0.5, 0.6) is 0 Å². The average molecular weight is 242 g/mol. The normalized spacial score (nSPS) is 8.44. The number of benzene rings is 1. The average Bonchev–Trinajstić information content (AvgIpc) is 2.31. The van der Waals surface area contributed by atoms with Gasteiger partial charge in [0.1, 0.15) is 0 Å². The van der Waals surface area contributed by atoms with Gasteiger partial charge in [-0.25, -0.2) is 0 Å². The lowest BCUT2D eigenvalue weighted by Crippen LogP contribution is -1.65. The van der Waals surface area contributed by atoms with Crippen LogP contribution in [-0.2, 0) is 0 Å². The molecule has 18 heavy (non-hydrogen) atoms. The van der Waals surface area contributed by atoms with E-state index in [2.05, 4.69) is 37.9 Å². The largest absolute Gasteiger partial charge is 0.100 e. The summed E-state index contributed by atoms with van der Waals surface area (Å²) in [4.78, 5) is 0. The minimum atomic E-state index is 1.02. The van der Waals surface area contributed by atoms with Crippen molar-refractivity contribution < 1.29 is 0 Å². The van der Waals surface area contributed by atoms with Crippen molar-refractivity contribution in [3.63, 3.8) is 0 Å². The Balaban J connectivity index is 0. The lowest BCUT2D eigenvalue weighted by atomic mass is 10.2. The molecule has 0 aliphatic heterocycles. The van der Waals surface area contributed by atoms with Gasteiger partial charge in [-0.2, -0.15) is 0 Å². The minimum Gasteiger partial charge on any atom is -0.100 e. The molecule has 0 heterocycles. The van der Waals surface area contributed by atoms with E-state index in [1.807, 2.05) is 52.0 Å². The zero-order valence-electron chi connectivity index (χ0n) is 12.2. The molecule has 0 unspecified atom stereocenters. The lowest BCUT2D eigenvalue weighted by molar-refractivity contribution is 1.42. The monoisotopic (exact) mass is 242 g/mol. The van der Waals surface area contributed by atoms with Crippen molar-refractivity contribution >= 4 is 6.08 Å². The van der Waals surface area contributed by atoms with Crippen LogP contribution in [0.2, 0.25) is 0 Å². The summed E-state index contributed by atoms with van der Waals surface area (Å²) >= 11 is 0. The molecule has 0 N–H and O–H groups in total. The number of hydrogen-bond donors (Lipinski definition) is 0. The van der Waals surface area contributed by atoms with Gasteiger partial charge >= 0.3 is 0 Å². The summed E-state index contributed by atoms with van der Waals surface area (Å²) < 4.78 is 0. The zero-order chi connectivity index (χ0) is 14.4. The van der Waals surface area contributed by atoms with E-state index in [4.69, 9.17) is 0 Å². The van der Waals surface area contributed by atoms with Crippen LogP contribution < -0.4 is 0 Å². The highest BCUT2D eigenvalue weighted by Gasteiger charge is 1.77. The molecule has 1 aromatic rings. The van der Waals surface area contributed by atoms with Crippen molar-refractivity contribution in [2.45, 2.75) is 27.7 Å². The number of rotatable bonds is 2. The van der Waals surface area contributed by atoms with Gasteiger partial charge in [-0.05, 0) is 33.3 Å². The van der Waals surface area contributed by atoms with E-state index in [-0.39, 0.29) is 0 Å². The van der Waals surface area contributed by atoms with E-state index in [1.54, 1.807) is 6.08 Å². The smallest absolute Gasteiger partial charge is 0.0260 e. The quantitative estimate of drug-likeness (QED) is 0.437. The van der Waals surface area contributed by atoms with E-state index in [9.17, 15) is 0 Å². The Morgan fingerprint density at radius 1 is 1.00 bits per heavy atom. The Morgan fingerprint density at radius 3 is 1.67 bits per heavy atom. The molecule has 0 spiro atoms. The summed E-state index contributed by atoms with van der Waals surface area (Å²) in [5, 5.41) is 0. The summed E-state index contributed by atoms with van der Waals surface area (Å²) in [5.74, 6) is 0. The molecule has 0 aliphatic carbocycles. The third-order valence-corrected chi connectivity index (χ3v) is 1.51. The molecule has 0 nitrogen and oxygen atoms in total. The van der Waals surface area contributed by atoms with Gasteiger partial charge in [0.2, 0.25) is 0 Å². The molecule has 98 valence electrons. The van der Waals surface area contributed by atoms with Crippen LogP contribution in [0.25, 0.3) is 6.08 Å². The highest BCUT2D eigenvalue weighted by molar-refractivity contribution is 5.47. The van der Waals surface area contributed by atoms with Crippen molar-refractivity contribution in [2.24, 2.45) is 0 Å². The summed E-state index contributed by atoms with van der Waals surface area (Å²) in [6.07, 6.45) is 5.84. The Bertz CT molecular complexity index is 362. The van der Waals surface area contributed by atoms with Crippen LogP contribution in [0.15, 0.2) is 73.4 Å². The maximum Gasteiger partial charge on any atom is -0.0260 e. The van der Waals surface area contributed by atoms with E-state index < -0.39 is 0 Å². The van der Waals surface area contributed by atoms with E-state index in [0.717, 1.165) is 5.57 Å². The molecule has 0 atom stereocenters. The van der Waals surface area contributed by atoms with Crippen LogP contribution in [0.3, 0.4) is 0 Å². The topological polar surface area (TPSA) is 0 Å². The summed E-state index contributed by atoms with van der Waals surface area (Å²) in [7, 11) is 0. The molecule has 0 saturated heterocycles. The Morgan fingerprint density at radius 2 is 1.39 bits per heavy atom. The maximum absolute atomic E-state index is 3.56. The van der Waals surface area contributed by atoms with Crippen LogP contribution in [-0.4, -0.2) is 0 Å². The molecule has 0 saturated carbocycles. The molecule has 0 amide bonds. The molecule has 1 aromatic carbocycles. The molecule has 0 heteroatoms. The first-order chi connectivity index (χ1) is 8.43. The molecule has 0 aliphatic rings. The molecular formula is C18H26. The Hall–Kier alpha value is -1.82. The first-order valence-corrected chi connectivity index (χ1v) is 6.01. The zero-order valence-corrected chi connectivity index (χ0v) is 12.2. The summed E-state index contributed by atoms with van der Waals surface area (Å²) in [6, 6.07) is 10.3. The first kappa shape index (κ1) is 18.5. The van der Waals surface area contributed by atoms with Crippen molar-refractivity contribution in [2.75, 3.05) is 0 Å². The van der Waals surface area contributed by atoms with Gasteiger partial charge in [-0.3, -0.25) is 0 Å². The van der Waals surface area contributed by atoms with Gasteiger partial charge in [-0.1, -0.05) is 72.9 Å². The second-order valence-corrected chi connectivity index (χ2v) is 4.17. The summed E-state index contributed by atoms with van der Waals surface area (Å²) in [5.41, 5.74) is 3.45. The van der Waals surface area contributed by atoms with Gasteiger partial charge in [0.25, 0.3) is 0 Å². The Kier molecular flexibility index (Phi) is 13.6. The first-order valence-electron chi connectivity index (χ1n) is 6.01. The van der Waals surface area contributed by atoms with Crippen LogP contribution in [0, 0.1) is 0 Å². The van der Waals surface area contributed by atoms with Crippen LogP contribution in [0.1, 0.15) is 33.3 Å². The molecule has 0 fully saturated rings. The Labute approximate surface area is 113 Å². The predicted molar refractivity (Wildman–Crippen MR) is 86.6 cm³/mol. The number of hydrogen-bond acceptors (Lipinski definition) is 0. The van der Waals surface area contributed by atoms with Gasteiger partial charge in [0, 0.05) is 0 Å². The fraction of sp³-hybridized carbons (Fsp3) is 0.222. The second kappa shape index (κ2) is 13.2. The van der Waals surface area contributed by atoms with Gasteiger partial charge in [0.15, 0.2) is 0 Å². The second-order valence-electron chi connectivity index (χ2n) is 4.17.